The molecule has 2 rings (SSSR count). The van der Waals surface area contributed by atoms with Crippen LogP contribution in [-0.2, 0) is 13.9 Å². The van der Waals surface area contributed by atoms with E-state index in [9.17, 15) is 9.59 Å². The molecule has 1 aromatic heterocycles. The normalized spacial score (nSPS) is 23.6. The molecule has 0 spiro atoms. The van der Waals surface area contributed by atoms with Gasteiger partial charge in [0.05, 0.1) is 22.9 Å². The summed E-state index contributed by atoms with van der Waals surface area (Å²) in [5.41, 5.74) is -0.883. The van der Waals surface area contributed by atoms with E-state index in [4.69, 9.17) is 13.9 Å². The fourth-order valence-corrected chi connectivity index (χ4v) is 4.02. The number of hydrogen-bond donors (Lipinski definition) is 1. The average molecular weight is 508 g/mol. The largest absolute Gasteiger partial charge is 0.414 e. The van der Waals surface area contributed by atoms with Crippen LogP contribution in [0.2, 0.25) is 18.1 Å². The molecule has 9 heteroatoms. The number of aromatic amines is 1. The zero-order chi connectivity index (χ0) is 20.4. The van der Waals surface area contributed by atoms with Crippen molar-refractivity contribution < 1.29 is 13.9 Å². The summed E-state index contributed by atoms with van der Waals surface area (Å²) in [4.78, 5) is 26.1. The Morgan fingerprint density at radius 3 is 2.70 bits per heavy atom. The molecule has 0 bridgehead atoms. The van der Waals surface area contributed by atoms with Crippen molar-refractivity contribution in [1.29, 1.82) is 0 Å². The van der Waals surface area contributed by atoms with Gasteiger partial charge < -0.3 is 13.9 Å². The minimum absolute atomic E-state index is 0.0917. The standard InChI is InChI=1S/C18H29IN2O5Si/c1-7-8-24-13-9-15(21-10-12(19)16(22)20-17(21)23)26-14(13)11-25-27(5,6)18(2,3)4/h7,10,13-15H,1,8-9,11H2,2-6H3,(H,20,22,23)/t13?,14-,15-/m1/s1. The van der Waals surface area contributed by atoms with Gasteiger partial charge in [0.2, 0.25) is 0 Å². The fraction of sp³-hybridized carbons (Fsp3) is 0.667. The summed E-state index contributed by atoms with van der Waals surface area (Å²) in [6.07, 6.45) is 2.70. The molecule has 0 saturated carbocycles. The van der Waals surface area contributed by atoms with Crippen molar-refractivity contribution >= 4 is 30.9 Å². The number of H-pyrrole nitrogens is 1. The summed E-state index contributed by atoms with van der Waals surface area (Å²) >= 11 is 1.90. The molecule has 0 radical (unpaired) electrons. The van der Waals surface area contributed by atoms with Crippen LogP contribution in [0.1, 0.15) is 33.4 Å². The number of nitrogens with one attached hydrogen (secondary N) is 1. The van der Waals surface area contributed by atoms with Crippen molar-refractivity contribution in [1.82, 2.24) is 9.55 Å². The highest BCUT2D eigenvalue weighted by molar-refractivity contribution is 14.1. The monoisotopic (exact) mass is 508 g/mol. The molecule has 1 fully saturated rings. The molecule has 7 nitrogen and oxygen atoms in total. The van der Waals surface area contributed by atoms with Crippen molar-refractivity contribution in [2.24, 2.45) is 0 Å². The topological polar surface area (TPSA) is 82.6 Å². The van der Waals surface area contributed by atoms with E-state index in [2.05, 4.69) is 45.4 Å². The van der Waals surface area contributed by atoms with Gasteiger partial charge in [-0.25, -0.2) is 4.79 Å². The van der Waals surface area contributed by atoms with Crippen LogP contribution in [0.15, 0.2) is 28.4 Å². The van der Waals surface area contributed by atoms with Gasteiger partial charge in [-0.1, -0.05) is 26.8 Å². The lowest BCUT2D eigenvalue weighted by atomic mass is 10.2. The zero-order valence-corrected chi connectivity index (χ0v) is 19.7. The Bertz CT molecular complexity index is 783. The summed E-state index contributed by atoms with van der Waals surface area (Å²) in [6, 6.07) is 0. The molecule has 1 N–H and O–H groups in total. The molecule has 3 atom stereocenters. The Hall–Kier alpha value is -0.753. The van der Waals surface area contributed by atoms with E-state index in [0.29, 0.717) is 23.2 Å². The SMILES string of the molecule is C=CCOC1C[C@H](n2cc(I)c(=O)[nH]c2=O)O[C@@H]1CO[Si](C)(C)C(C)(C)C. The van der Waals surface area contributed by atoms with E-state index >= 15 is 0 Å². The van der Waals surface area contributed by atoms with Gasteiger partial charge in [0.25, 0.3) is 5.56 Å². The fourth-order valence-electron chi connectivity index (χ4n) is 2.57. The van der Waals surface area contributed by atoms with Crippen LogP contribution in [0.4, 0.5) is 0 Å². The third-order valence-electron chi connectivity index (χ3n) is 5.26. The summed E-state index contributed by atoms with van der Waals surface area (Å²) in [5, 5.41) is 0.0917. The smallest absolute Gasteiger partial charge is 0.330 e. The highest BCUT2D eigenvalue weighted by atomic mass is 127. The molecule has 0 amide bonds. The van der Waals surface area contributed by atoms with Gasteiger partial charge >= 0.3 is 5.69 Å². The van der Waals surface area contributed by atoms with Crippen LogP contribution in [0.25, 0.3) is 0 Å². The van der Waals surface area contributed by atoms with Gasteiger partial charge in [-0.2, -0.15) is 0 Å². The zero-order valence-electron chi connectivity index (χ0n) is 16.6. The lowest BCUT2D eigenvalue weighted by molar-refractivity contribution is -0.0557. The number of hydrogen-bond acceptors (Lipinski definition) is 5. The number of rotatable bonds is 7. The predicted octanol–water partition coefficient (Wildman–Crippen LogP) is 3.02. The first kappa shape index (κ1) is 22.5. The molecule has 0 aromatic carbocycles. The van der Waals surface area contributed by atoms with Gasteiger partial charge in [0.15, 0.2) is 8.32 Å². The Morgan fingerprint density at radius 1 is 1.44 bits per heavy atom. The lowest BCUT2D eigenvalue weighted by Gasteiger charge is -2.37. The van der Waals surface area contributed by atoms with Gasteiger partial charge in [-0.3, -0.25) is 14.3 Å². The molecule has 1 saturated heterocycles. The number of ether oxygens (including phenoxy) is 2. The average Bonchev–Trinajstić information content (AvgIpc) is 2.96. The molecule has 1 aliphatic heterocycles. The first-order chi connectivity index (χ1) is 12.5. The van der Waals surface area contributed by atoms with Crippen molar-refractivity contribution in [2.75, 3.05) is 13.2 Å². The molecule has 1 aliphatic rings. The van der Waals surface area contributed by atoms with Crippen LogP contribution >= 0.6 is 22.6 Å². The summed E-state index contributed by atoms with van der Waals surface area (Å²) in [7, 11) is -1.93. The molecule has 0 aliphatic carbocycles. The molecule has 2 heterocycles. The van der Waals surface area contributed by atoms with Crippen LogP contribution in [0.3, 0.4) is 0 Å². The van der Waals surface area contributed by atoms with Gasteiger partial charge in [0, 0.05) is 12.6 Å². The maximum Gasteiger partial charge on any atom is 0.330 e. The molecular weight excluding hydrogens is 479 g/mol. The Balaban J connectivity index is 2.19. The molecule has 152 valence electrons. The minimum Gasteiger partial charge on any atom is -0.414 e. The Labute approximate surface area is 174 Å². The van der Waals surface area contributed by atoms with Crippen molar-refractivity contribution in [3.63, 3.8) is 0 Å². The number of aromatic nitrogens is 2. The van der Waals surface area contributed by atoms with Gasteiger partial charge in [-0.15, -0.1) is 6.58 Å². The molecule has 1 unspecified atom stereocenters. The highest BCUT2D eigenvalue weighted by Crippen LogP contribution is 2.38. The van der Waals surface area contributed by atoms with E-state index in [0.717, 1.165) is 0 Å². The van der Waals surface area contributed by atoms with Crippen LogP contribution in [0, 0.1) is 3.57 Å². The second-order valence-corrected chi connectivity index (χ2v) is 14.2. The third kappa shape index (κ3) is 5.40. The third-order valence-corrected chi connectivity index (χ3v) is 10.5. The molecular formula is C18H29IN2O5Si. The number of halogens is 1. The van der Waals surface area contributed by atoms with E-state index in [1.165, 1.54) is 10.8 Å². The van der Waals surface area contributed by atoms with E-state index in [-0.39, 0.29) is 17.2 Å². The minimum atomic E-state index is -1.93. The Morgan fingerprint density at radius 2 is 2.11 bits per heavy atom. The summed E-state index contributed by atoms with van der Waals surface area (Å²) in [6.45, 7) is 15.4. The van der Waals surface area contributed by atoms with Crippen LogP contribution in [-0.4, -0.2) is 43.3 Å². The van der Waals surface area contributed by atoms with E-state index in [1.807, 2.05) is 22.6 Å². The summed E-state index contributed by atoms with van der Waals surface area (Å²) in [5.74, 6) is 0. The molecule has 1 aromatic rings. The maximum absolute atomic E-state index is 12.2. The van der Waals surface area contributed by atoms with Crippen molar-refractivity contribution in [3.8, 4) is 0 Å². The molecule has 27 heavy (non-hydrogen) atoms. The van der Waals surface area contributed by atoms with Gasteiger partial charge in [0.1, 0.15) is 12.3 Å². The van der Waals surface area contributed by atoms with Crippen LogP contribution in [0.5, 0.6) is 0 Å². The predicted molar refractivity (Wildman–Crippen MR) is 116 cm³/mol. The Kier molecular flexibility index (Phi) is 7.28. The summed E-state index contributed by atoms with van der Waals surface area (Å²) < 4.78 is 20.1. The lowest BCUT2D eigenvalue weighted by Crippen LogP contribution is -2.44. The quantitative estimate of drug-likeness (QED) is 0.348. The second kappa shape index (κ2) is 8.72. The first-order valence-corrected chi connectivity index (χ1v) is 13.0. The highest BCUT2D eigenvalue weighted by Gasteiger charge is 2.42. The van der Waals surface area contributed by atoms with Gasteiger partial charge in [-0.05, 0) is 40.7 Å². The first-order valence-electron chi connectivity index (χ1n) is 8.99. The number of nitrogens with zero attached hydrogens (tertiary/aromatic N) is 1. The second-order valence-electron chi connectivity index (χ2n) is 8.24. The maximum atomic E-state index is 12.2. The van der Waals surface area contributed by atoms with E-state index in [1.54, 1.807) is 6.08 Å². The van der Waals surface area contributed by atoms with Crippen molar-refractivity contribution in [2.45, 2.75) is 63.8 Å². The van der Waals surface area contributed by atoms with Crippen molar-refractivity contribution in [3.05, 3.63) is 43.3 Å². The van der Waals surface area contributed by atoms with Crippen LogP contribution < -0.4 is 11.2 Å². The van der Waals surface area contributed by atoms with E-state index < -0.39 is 25.8 Å².